The van der Waals surface area contributed by atoms with E-state index in [9.17, 15) is 0 Å². The van der Waals surface area contributed by atoms with Crippen LogP contribution in [0.5, 0.6) is 0 Å². The van der Waals surface area contributed by atoms with Gasteiger partial charge < -0.3 is 0 Å². The molecule has 8 aromatic carbocycles. The van der Waals surface area contributed by atoms with Crippen LogP contribution < -0.4 is 0 Å². The monoisotopic (exact) mass is 780 g/mol. The van der Waals surface area contributed by atoms with Gasteiger partial charge >= 0.3 is 0 Å². The molecule has 4 nitrogen and oxygen atoms in total. The van der Waals surface area contributed by atoms with E-state index in [0.717, 1.165) is 44.6 Å². The molecule has 11 rings (SSSR count). The van der Waals surface area contributed by atoms with E-state index >= 15 is 0 Å². The molecule has 0 spiro atoms. The van der Waals surface area contributed by atoms with E-state index in [1.165, 1.54) is 49.7 Å². The van der Waals surface area contributed by atoms with Crippen molar-refractivity contribution >= 4 is 10.8 Å². The Morgan fingerprint density at radius 3 is 1.52 bits per heavy atom. The van der Waals surface area contributed by atoms with Crippen LogP contribution in [0.1, 0.15) is 25.0 Å². The van der Waals surface area contributed by atoms with E-state index in [1.54, 1.807) is 0 Å². The summed E-state index contributed by atoms with van der Waals surface area (Å²) >= 11 is 0. The molecule has 0 unspecified atom stereocenters. The first-order chi connectivity index (χ1) is 30.0. The Morgan fingerprint density at radius 1 is 0.344 bits per heavy atom. The van der Waals surface area contributed by atoms with Gasteiger partial charge in [-0.05, 0) is 96.7 Å². The Bertz CT molecular complexity index is 3260. The van der Waals surface area contributed by atoms with Gasteiger partial charge in [-0.1, -0.05) is 184 Å². The Morgan fingerprint density at radius 2 is 0.852 bits per heavy atom. The zero-order valence-electron chi connectivity index (χ0n) is 33.9. The fraction of sp³-hybridized carbons (Fsp3) is 0.0526. The average molecular weight is 781 g/mol. The number of fused-ring (bicyclic) bond motifs is 5. The zero-order chi connectivity index (χ0) is 40.9. The molecule has 0 saturated carbocycles. The number of benzene rings is 8. The Labute approximate surface area is 356 Å². The van der Waals surface area contributed by atoms with Gasteiger partial charge in [-0.3, -0.25) is 4.98 Å². The summed E-state index contributed by atoms with van der Waals surface area (Å²) in [4.78, 5) is 19.8. The lowest BCUT2D eigenvalue weighted by atomic mass is 9.81. The Kier molecular flexibility index (Phi) is 8.79. The van der Waals surface area contributed by atoms with Gasteiger partial charge in [-0.25, -0.2) is 15.0 Å². The van der Waals surface area contributed by atoms with Crippen molar-refractivity contribution < 1.29 is 0 Å². The first kappa shape index (κ1) is 36.3. The highest BCUT2D eigenvalue weighted by Crippen LogP contribution is 2.54. The van der Waals surface area contributed by atoms with Crippen molar-refractivity contribution in [3.8, 4) is 89.9 Å². The molecule has 0 atom stereocenters. The second kappa shape index (κ2) is 14.8. The molecule has 0 bridgehead atoms. The number of pyridine rings is 1. The fourth-order valence-electron chi connectivity index (χ4n) is 9.03. The minimum absolute atomic E-state index is 0.0947. The molecule has 2 aromatic heterocycles. The third kappa shape index (κ3) is 6.50. The van der Waals surface area contributed by atoms with E-state index in [2.05, 4.69) is 153 Å². The molecule has 0 amide bonds. The lowest BCUT2D eigenvalue weighted by Crippen LogP contribution is -2.14. The second-order valence-corrected chi connectivity index (χ2v) is 16.3. The SMILES string of the molecule is CC1(C)c2cccc(-c3cccc(-c4cccc(-c5cccc(-c6nc(-c7ccccc7)nc(-c7ccc(-c8ccccc8)nc7)n6)c5)c4)c3)c2-c2c1ccc1ccccc21. The van der Waals surface area contributed by atoms with Crippen LogP contribution in [0.25, 0.3) is 101 Å². The van der Waals surface area contributed by atoms with Crippen LogP contribution in [0.4, 0.5) is 0 Å². The molecule has 1 aliphatic carbocycles. The Balaban J connectivity index is 0.957. The van der Waals surface area contributed by atoms with Crippen molar-refractivity contribution in [2.45, 2.75) is 19.3 Å². The molecule has 61 heavy (non-hydrogen) atoms. The van der Waals surface area contributed by atoms with E-state index in [4.69, 9.17) is 19.9 Å². The predicted molar refractivity (Wildman–Crippen MR) is 251 cm³/mol. The topological polar surface area (TPSA) is 51.6 Å². The third-order valence-corrected chi connectivity index (χ3v) is 12.2. The first-order valence-corrected chi connectivity index (χ1v) is 20.8. The first-order valence-electron chi connectivity index (χ1n) is 20.8. The van der Waals surface area contributed by atoms with Crippen LogP contribution >= 0.6 is 0 Å². The Hall–Kier alpha value is -7.82. The van der Waals surface area contributed by atoms with Gasteiger partial charge in [0.1, 0.15) is 0 Å². The molecule has 1 aliphatic rings. The highest BCUT2D eigenvalue weighted by molar-refractivity contribution is 6.06. The summed E-state index contributed by atoms with van der Waals surface area (Å²) in [5.74, 6) is 1.80. The lowest BCUT2D eigenvalue weighted by Gasteiger charge is -2.21. The van der Waals surface area contributed by atoms with Crippen LogP contribution in [-0.4, -0.2) is 19.9 Å². The standard InChI is InChI=1S/C57H40N4/c1-57(2)49-28-14-27-48(53(49)52-47-26-10-9-15-37(47)29-31-50(52)57)44-24-12-22-42(34-44)40-20-11-21-41(33-40)43-23-13-25-45(35-43)55-59-54(39-18-7-4-8-19-39)60-56(61-55)46-30-32-51(58-36-46)38-16-5-3-6-17-38/h3-36H,1-2H3. The van der Waals surface area contributed by atoms with Gasteiger partial charge in [-0.2, -0.15) is 0 Å². The quantitative estimate of drug-likeness (QED) is 0.162. The van der Waals surface area contributed by atoms with Gasteiger partial charge in [0.05, 0.1) is 5.69 Å². The van der Waals surface area contributed by atoms with Crippen molar-refractivity contribution in [2.24, 2.45) is 0 Å². The number of aromatic nitrogens is 4. The van der Waals surface area contributed by atoms with E-state index in [0.29, 0.717) is 17.5 Å². The van der Waals surface area contributed by atoms with Gasteiger partial charge in [-0.15, -0.1) is 0 Å². The van der Waals surface area contributed by atoms with Gasteiger partial charge in [0, 0.05) is 33.9 Å². The van der Waals surface area contributed by atoms with Crippen LogP contribution in [0.2, 0.25) is 0 Å². The minimum Gasteiger partial charge on any atom is -0.255 e. The summed E-state index contributed by atoms with van der Waals surface area (Å²) in [6, 6.07) is 70.8. The van der Waals surface area contributed by atoms with E-state index < -0.39 is 0 Å². The highest BCUT2D eigenvalue weighted by Gasteiger charge is 2.37. The number of nitrogens with zero attached hydrogens (tertiary/aromatic N) is 4. The van der Waals surface area contributed by atoms with Crippen molar-refractivity contribution in [1.82, 2.24) is 19.9 Å². The van der Waals surface area contributed by atoms with Crippen LogP contribution in [0.3, 0.4) is 0 Å². The van der Waals surface area contributed by atoms with E-state index in [1.807, 2.05) is 66.9 Å². The maximum Gasteiger partial charge on any atom is 0.165 e. The summed E-state index contributed by atoms with van der Waals surface area (Å²) in [6.07, 6.45) is 1.85. The number of hydrogen-bond donors (Lipinski definition) is 0. The third-order valence-electron chi connectivity index (χ3n) is 12.2. The molecule has 0 aliphatic heterocycles. The summed E-state index contributed by atoms with van der Waals surface area (Å²) in [7, 11) is 0. The molecule has 4 heteroatoms. The normalized spacial score (nSPS) is 12.6. The molecule has 10 aromatic rings. The van der Waals surface area contributed by atoms with Crippen LogP contribution in [-0.2, 0) is 5.41 Å². The van der Waals surface area contributed by atoms with Crippen molar-refractivity contribution in [1.29, 1.82) is 0 Å². The summed E-state index contributed by atoms with van der Waals surface area (Å²) < 4.78 is 0. The summed E-state index contributed by atoms with van der Waals surface area (Å²) in [5, 5.41) is 2.58. The highest BCUT2D eigenvalue weighted by atomic mass is 15.0. The maximum atomic E-state index is 5.04. The smallest absolute Gasteiger partial charge is 0.165 e. The van der Waals surface area contributed by atoms with Crippen molar-refractivity contribution in [3.63, 3.8) is 0 Å². The molecule has 0 radical (unpaired) electrons. The number of hydrogen-bond acceptors (Lipinski definition) is 4. The zero-order valence-corrected chi connectivity index (χ0v) is 33.9. The fourth-order valence-corrected chi connectivity index (χ4v) is 9.03. The average Bonchev–Trinajstić information content (AvgIpc) is 3.58. The van der Waals surface area contributed by atoms with Gasteiger partial charge in [0.15, 0.2) is 17.5 Å². The van der Waals surface area contributed by atoms with Crippen molar-refractivity contribution in [3.05, 3.63) is 218 Å². The molecular formula is C57H40N4. The summed E-state index contributed by atoms with van der Waals surface area (Å²) in [6.45, 7) is 4.72. The van der Waals surface area contributed by atoms with Crippen molar-refractivity contribution in [2.75, 3.05) is 0 Å². The van der Waals surface area contributed by atoms with Crippen LogP contribution in [0, 0.1) is 0 Å². The lowest BCUT2D eigenvalue weighted by molar-refractivity contribution is 0.661. The van der Waals surface area contributed by atoms with Gasteiger partial charge in [0.2, 0.25) is 0 Å². The van der Waals surface area contributed by atoms with Crippen LogP contribution in [0.15, 0.2) is 206 Å². The summed E-state index contributed by atoms with van der Waals surface area (Å²) in [5.41, 5.74) is 17.0. The second-order valence-electron chi connectivity index (χ2n) is 16.3. The molecule has 0 fully saturated rings. The van der Waals surface area contributed by atoms with E-state index in [-0.39, 0.29) is 5.41 Å². The molecule has 2 heterocycles. The number of rotatable bonds is 7. The molecule has 0 N–H and O–H groups in total. The largest absolute Gasteiger partial charge is 0.255 e. The molecular weight excluding hydrogens is 741 g/mol. The molecule has 288 valence electrons. The minimum atomic E-state index is -0.0947. The van der Waals surface area contributed by atoms with Gasteiger partial charge in [0.25, 0.3) is 0 Å². The molecule has 0 saturated heterocycles. The maximum absolute atomic E-state index is 5.04. The predicted octanol–water partition coefficient (Wildman–Crippen LogP) is 14.4.